The van der Waals surface area contributed by atoms with Gasteiger partial charge in [0.1, 0.15) is 11.6 Å². The molecule has 0 radical (unpaired) electrons. The fourth-order valence-electron chi connectivity index (χ4n) is 11.3. The highest BCUT2D eigenvalue weighted by atomic mass is 35.5. The van der Waals surface area contributed by atoms with E-state index >= 15 is 9.59 Å². The fraction of sp³-hybridized carbons (Fsp3) is 0.440. The topological polar surface area (TPSA) is 103 Å². The number of carbonyl (C=O) groups excluding carboxylic acids is 2. The van der Waals surface area contributed by atoms with Crippen molar-refractivity contribution in [1.82, 2.24) is 29.7 Å². The molecule has 6 aromatic rings. The second-order valence-corrected chi connectivity index (χ2v) is 18.7. The van der Waals surface area contributed by atoms with E-state index in [9.17, 15) is 0 Å². The number of hydrogen-bond acceptors (Lipinski definition) is 5. The van der Waals surface area contributed by atoms with Gasteiger partial charge in [-0.2, -0.15) is 0 Å². The third-order valence-corrected chi connectivity index (χ3v) is 14.7. The number of rotatable bonds is 11. The number of para-hydroxylation sites is 4. The number of aromatic nitrogens is 4. The average Bonchev–Trinajstić information content (AvgIpc) is 3.91. The zero-order chi connectivity index (χ0) is 41.6. The molecule has 3 heterocycles. The normalized spacial score (nSPS) is 20.3. The second-order valence-electron chi connectivity index (χ2n) is 17.8. The number of hydrogen-bond donors (Lipinski definition) is 2. The Kier molecular flexibility index (Phi) is 11.2. The van der Waals surface area contributed by atoms with Gasteiger partial charge in [0.15, 0.2) is 11.1 Å². The number of fused-ring (bicyclic) bond motifs is 2. The number of halogens is 2. The molecule has 3 aliphatic carbocycles. The third kappa shape index (κ3) is 7.05. The Hall–Kier alpha value is -4.70. The molecule has 4 fully saturated rings. The highest BCUT2D eigenvalue weighted by molar-refractivity contribution is 6.31. The van der Waals surface area contributed by atoms with Gasteiger partial charge in [0, 0.05) is 46.5 Å². The van der Waals surface area contributed by atoms with Crippen molar-refractivity contribution in [3.05, 3.63) is 107 Å². The number of ether oxygens (including phenoxy) is 1. The molecule has 11 heteroatoms. The van der Waals surface area contributed by atoms with E-state index in [-0.39, 0.29) is 35.7 Å². The number of nitrogens with one attached hydrogen (secondary N) is 2. The summed E-state index contributed by atoms with van der Waals surface area (Å²) in [5.74, 6) is 0.503. The number of nitrogens with zero attached hydrogens (tertiary/aromatic N) is 4. The van der Waals surface area contributed by atoms with Crippen LogP contribution in [0.15, 0.2) is 97.1 Å². The van der Waals surface area contributed by atoms with Gasteiger partial charge in [0.05, 0.1) is 22.1 Å². The van der Waals surface area contributed by atoms with Crippen LogP contribution in [0.3, 0.4) is 0 Å². The molecule has 1 saturated heterocycles. The summed E-state index contributed by atoms with van der Waals surface area (Å²) in [5.41, 5.74) is 1.70. The molecule has 2 unspecified atom stereocenters. The van der Waals surface area contributed by atoms with Crippen molar-refractivity contribution in [1.29, 1.82) is 0 Å². The van der Waals surface area contributed by atoms with Crippen LogP contribution in [0.4, 0.5) is 0 Å². The molecule has 10 rings (SSSR count). The van der Waals surface area contributed by atoms with Gasteiger partial charge < -0.3 is 24.5 Å². The highest BCUT2D eigenvalue weighted by Crippen LogP contribution is 2.59. The number of carbonyl (C=O) groups is 2. The average molecular weight is 858 g/mol. The van der Waals surface area contributed by atoms with Gasteiger partial charge >= 0.3 is 0 Å². The largest absolute Gasteiger partial charge is 0.381 e. The molecule has 316 valence electrons. The first-order valence-corrected chi connectivity index (χ1v) is 23.3. The molecule has 2 atom stereocenters. The molecule has 2 aromatic heterocycles. The Morgan fingerprint density at radius 3 is 1.33 bits per heavy atom. The van der Waals surface area contributed by atoms with Gasteiger partial charge in [-0.15, -0.1) is 0 Å². The zero-order valence-corrected chi connectivity index (χ0v) is 36.1. The first-order chi connectivity index (χ1) is 29.9. The van der Waals surface area contributed by atoms with E-state index < -0.39 is 11.1 Å². The lowest BCUT2D eigenvalue weighted by Gasteiger charge is -2.58. The Bertz CT molecular complexity index is 2530. The smallest absolute Gasteiger partial charge is 0.249 e. The van der Waals surface area contributed by atoms with E-state index in [0.717, 1.165) is 110 Å². The lowest BCUT2D eigenvalue weighted by atomic mass is 9.55. The van der Waals surface area contributed by atoms with Crippen LogP contribution >= 0.6 is 23.2 Å². The minimum absolute atomic E-state index is 0.0158. The summed E-state index contributed by atoms with van der Waals surface area (Å²) in [5, 5.41) is 8.60. The van der Waals surface area contributed by atoms with Crippen LogP contribution in [-0.4, -0.2) is 56.2 Å². The minimum atomic E-state index is -1.57. The Labute approximate surface area is 367 Å². The van der Waals surface area contributed by atoms with E-state index in [1.165, 1.54) is 0 Å². The molecule has 9 nitrogen and oxygen atoms in total. The van der Waals surface area contributed by atoms with Crippen LogP contribution in [0.25, 0.3) is 44.8 Å². The molecular formula is C50H54Cl2N6O3. The molecule has 3 saturated carbocycles. The molecule has 61 heavy (non-hydrogen) atoms. The van der Waals surface area contributed by atoms with Crippen molar-refractivity contribution in [3.63, 3.8) is 0 Å². The van der Waals surface area contributed by atoms with Crippen LogP contribution in [0, 0.1) is 11.8 Å². The van der Waals surface area contributed by atoms with Crippen LogP contribution in [0.2, 0.25) is 10.0 Å². The van der Waals surface area contributed by atoms with Gasteiger partial charge in [0.2, 0.25) is 11.8 Å². The molecule has 2 amide bonds. The fourth-order valence-corrected chi connectivity index (χ4v) is 11.6. The third-order valence-electron chi connectivity index (χ3n) is 14.2. The number of amides is 2. The second kappa shape index (κ2) is 16.9. The SMILES string of the molecule is O=C(NC1CCOCC1)C(C1CCCCC1)(n1c(-c2ccc(Cl)cc2)nc2ccccc21)C(C(=O)NC1CC1)(C1CCCCC1)n1c(-c2ccc(Cl)cc2)nc2ccccc21. The van der Waals surface area contributed by atoms with Gasteiger partial charge in [-0.05, 0) is 136 Å². The van der Waals surface area contributed by atoms with Crippen molar-refractivity contribution in [2.24, 2.45) is 11.8 Å². The van der Waals surface area contributed by atoms with Crippen LogP contribution in [0.5, 0.6) is 0 Å². The van der Waals surface area contributed by atoms with E-state index in [4.69, 9.17) is 37.9 Å². The molecule has 4 aromatic carbocycles. The van der Waals surface area contributed by atoms with Crippen molar-refractivity contribution >= 4 is 57.1 Å². The van der Waals surface area contributed by atoms with E-state index in [0.29, 0.717) is 47.7 Å². The molecule has 1 aliphatic heterocycles. The summed E-state index contributed by atoms with van der Waals surface area (Å²) < 4.78 is 10.4. The Morgan fingerprint density at radius 2 is 0.918 bits per heavy atom. The lowest BCUT2D eigenvalue weighted by Crippen LogP contribution is -2.75. The zero-order valence-electron chi connectivity index (χ0n) is 34.6. The first kappa shape index (κ1) is 40.4. The van der Waals surface area contributed by atoms with Crippen LogP contribution < -0.4 is 10.6 Å². The lowest BCUT2D eigenvalue weighted by molar-refractivity contribution is -0.163. The van der Waals surface area contributed by atoms with E-state index in [1.807, 2.05) is 84.9 Å². The minimum Gasteiger partial charge on any atom is -0.381 e. The Balaban J connectivity index is 1.43. The quantitative estimate of drug-likeness (QED) is 0.135. The van der Waals surface area contributed by atoms with Crippen LogP contribution in [-0.2, 0) is 25.4 Å². The summed E-state index contributed by atoms with van der Waals surface area (Å²) in [4.78, 5) is 45.1. The predicted octanol–water partition coefficient (Wildman–Crippen LogP) is 10.9. The summed E-state index contributed by atoms with van der Waals surface area (Å²) in [6.45, 7) is 1.13. The van der Waals surface area contributed by atoms with E-state index in [1.54, 1.807) is 0 Å². The Morgan fingerprint density at radius 1 is 0.525 bits per heavy atom. The van der Waals surface area contributed by atoms with Crippen molar-refractivity contribution < 1.29 is 14.3 Å². The summed E-state index contributed by atoms with van der Waals surface area (Å²) in [7, 11) is 0. The van der Waals surface area contributed by atoms with Gasteiger partial charge in [-0.1, -0.05) is 86.0 Å². The predicted molar refractivity (Wildman–Crippen MR) is 243 cm³/mol. The maximum Gasteiger partial charge on any atom is 0.249 e. The van der Waals surface area contributed by atoms with Crippen molar-refractivity contribution in [2.45, 2.75) is 113 Å². The van der Waals surface area contributed by atoms with Crippen molar-refractivity contribution in [2.75, 3.05) is 13.2 Å². The monoisotopic (exact) mass is 856 g/mol. The maximum absolute atomic E-state index is 17.2. The van der Waals surface area contributed by atoms with Gasteiger partial charge in [-0.25, -0.2) is 9.97 Å². The molecule has 0 spiro atoms. The highest BCUT2D eigenvalue weighted by Gasteiger charge is 2.71. The number of imidazole rings is 2. The van der Waals surface area contributed by atoms with Crippen LogP contribution in [0.1, 0.15) is 89.9 Å². The summed E-state index contributed by atoms with van der Waals surface area (Å²) in [6, 6.07) is 31.8. The maximum atomic E-state index is 17.2. The molecule has 2 N–H and O–H groups in total. The first-order valence-electron chi connectivity index (χ1n) is 22.6. The molecule has 0 bridgehead atoms. The van der Waals surface area contributed by atoms with Crippen molar-refractivity contribution in [3.8, 4) is 22.8 Å². The summed E-state index contributed by atoms with van der Waals surface area (Å²) in [6.07, 6.45) is 12.2. The summed E-state index contributed by atoms with van der Waals surface area (Å²) >= 11 is 13.2. The van der Waals surface area contributed by atoms with E-state index in [2.05, 4.69) is 31.9 Å². The molecular weight excluding hydrogens is 803 g/mol. The van der Waals surface area contributed by atoms with Gasteiger partial charge in [-0.3, -0.25) is 9.59 Å². The molecule has 4 aliphatic rings. The number of benzene rings is 4. The van der Waals surface area contributed by atoms with Gasteiger partial charge in [0.25, 0.3) is 0 Å². The standard InChI is InChI=1S/C50H54Cl2N6O3/c51-37-23-19-33(20-24-37)45-55-41-15-7-9-17-43(41)57(45)49(35-11-3-1-4-12-35,47(59)53-39-27-28-39)50(36-13-5-2-6-14-36,48(60)54-40-29-31-61-32-30-40)58-44-18-10-8-16-42(44)56-46(58)34-21-25-38(52)26-22-34/h7-10,15-26,35-36,39-40H,1-6,11-14,27-32H2,(H,53,59)(H,54,60).